The van der Waals surface area contributed by atoms with Gasteiger partial charge in [-0.25, -0.2) is 13.9 Å². The molecule has 0 radical (unpaired) electrons. The lowest BCUT2D eigenvalue weighted by atomic mass is 9.92. The molecule has 0 spiro atoms. The van der Waals surface area contributed by atoms with Gasteiger partial charge in [0.25, 0.3) is 5.91 Å². The molecule has 0 saturated carbocycles. The van der Waals surface area contributed by atoms with Crippen LogP contribution in [0, 0.1) is 19.7 Å². The highest BCUT2D eigenvalue weighted by atomic mass is 19.1. The number of nitrogens with zero attached hydrogens (tertiary/aromatic N) is 3. The van der Waals surface area contributed by atoms with Gasteiger partial charge in [0.05, 0.1) is 17.1 Å². The van der Waals surface area contributed by atoms with Crippen LogP contribution in [0.4, 0.5) is 20.7 Å². The predicted octanol–water partition coefficient (Wildman–Crippen LogP) is 6.12. The SMILES string of the molecule is CNC(=O)c1cc(Oc2ccc(NC(=O)Nc3cc(C(C)(C)C)nn3-c3cc(C)cc(C)c3)c(F)c2)ccn1. The first-order valence-electron chi connectivity index (χ1n) is 12.4. The summed E-state index contributed by atoms with van der Waals surface area (Å²) in [6, 6.07) is 14.3. The Balaban J connectivity index is 1.52. The van der Waals surface area contributed by atoms with Crippen molar-refractivity contribution in [1.29, 1.82) is 0 Å². The molecule has 4 rings (SSSR count). The topological polar surface area (TPSA) is 110 Å². The van der Waals surface area contributed by atoms with Crippen LogP contribution in [0.2, 0.25) is 0 Å². The summed E-state index contributed by atoms with van der Waals surface area (Å²) in [5, 5.41) is 12.6. The molecule has 0 aliphatic heterocycles. The Morgan fingerprint density at radius 3 is 2.26 bits per heavy atom. The van der Waals surface area contributed by atoms with Gasteiger partial charge >= 0.3 is 6.03 Å². The Morgan fingerprint density at radius 1 is 0.923 bits per heavy atom. The quantitative estimate of drug-likeness (QED) is 0.278. The second kappa shape index (κ2) is 10.9. The van der Waals surface area contributed by atoms with Crippen LogP contribution in [0.1, 0.15) is 48.1 Å². The van der Waals surface area contributed by atoms with E-state index in [1.54, 1.807) is 10.7 Å². The van der Waals surface area contributed by atoms with E-state index in [0.717, 1.165) is 28.6 Å². The summed E-state index contributed by atoms with van der Waals surface area (Å²) in [4.78, 5) is 28.7. The standard InChI is InChI=1S/C29H31FN6O3/c1-17-11-18(2)13-19(12-17)36-26(16-25(35-36)29(3,4)5)34-28(38)33-23-8-7-20(14-22(23)30)39-21-9-10-32-24(15-21)27(37)31-6/h7-16H,1-6H3,(H,31,37)(H2,33,34,38). The smallest absolute Gasteiger partial charge is 0.324 e. The van der Waals surface area contributed by atoms with Crippen molar-refractivity contribution in [2.45, 2.75) is 40.0 Å². The van der Waals surface area contributed by atoms with Gasteiger partial charge in [-0.2, -0.15) is 5.10 Å². The number of pyridine rings is 1. The van der Waals surface area contributed by atoms with Gasteiger partial charge in [0.15, 0.2) is 0 Å². The number of aromatic nitrogens is 3. The summed E-state index contributed by atoms with van der Waals surface area (Å²) in [7, 11) is 1.50. The third-order valence-electron chi connectivity index (χ3n) is 5.79. The average Bonchev–Trinajstić information content (AvgIpc) is 3.29. The number of urea groups is 1. The zero-order valence-electron chi connectivity index (χ0n) is 22.7. The zero-order valence-corrected chi connectivity index (χ0v) is 22.7. The third kappa shape index (κ3) is 6.59. The number of aryl methyl sites for hydroxylation is 2. The van der Waals surface area contributed by atoms with E-state index in [1.165, 1.54) is 31.4 Å². The maximum atomic E-state index is 14.9. The maximum absolute atomic E-state index is 14.9. The number of halogens is 1. The van der Waals surface area contributed by atoms with Gasteiger partial charge in [-0.3, -0.25) is 15.1 Å². The van der Waals surface area contributed by atoms with Gasteiger partial charge in [0, 0.05) is 36.9 Å². The van der Waals surface area contributed by atoms with Crippen LogP contribution in [0.25, 0.3) is 5.69 Å². The van der Waals surface area contributed by atoms with Crippen LogP contribution < -0.4 is 20.7 Å². The molecule has 2 heterocycles. The second-order valence-corrected chi connectivity index (χ2v) is 10.2. The maximum Gasteiger partial charge on any atom is 0.324 e. The molecule has 9 nitrogen and oxygen atoms in total. The van der Waals surface area contributed by atoms with Crippen LogP contribution in [0.5, 0.6) is 11.5 Å². The Bertz CT molecular complexity index is 1520. The first-order chi connectivity index (χ1) is 18.4. The molecule has 2 aromatic carbocycles. The second-order valence-electron chi connectivity index (χ2n) is 10.2. The van der Waals surface area contributed by atoms with Crippen molar-refractivity contribution in [2.75, 3.05) is 17.7 Å². The van der Waals surface area contributed by atoms with E-state index in [2.05, 4.69) is 27.0 Å². The van der Waals surface area contributed by atoms with Gasteiger partial charge in [-0.15, -0.1) is 0 Å². The largest absolute Gasteiger partial charge is 0.457 e. The normalized spacial score (nSPS) is 11.2. The molecule has 0 aliphatic carbocycles. The van der Waals surface area contributed by atoms with Crippen molar-refractivity contribution in [1.82, 2.24) is 20.1 Å². The van der Waals surface area contributed by atoms with Gasteiger partial charge in [-0.05, 0) is 55.3 Å². The molecule has 0 saturated heterocycles. The number of carbonyl (C=O) groups is 2. The van der Waals surface area contributed by atoms with Crippen LogP contribution >= 0.6 is 0 Å². The molecule has 10 heteroatoms. The van der Waals surface area contributed by atoms with E-state index >= 15 is 0 Å². The van der Waals surface area contributed by atoms with Crippen molar-refractivity contribution >= 4 is 23.4 Å². The van der Waals surface area contributed by atoms with Gasteiger partial charge in [0.2, 0.25) is 0 Å². The Morgan fingerprint density at radius 2 is 1.62 bits per heavy atom. The molecule has 0 atom stereocenters. The van der Waals surface area contributed by atoms with E-state index in [1.807, 2.05) is 52.8 Å². The predicted molar refractivity (Wildman–Crippen MR) is 148 cm³/mol. The number of rotatable bonds is 6. The summed E-state index contributed by atoms with van der Waals surface area (Å²) in [6.07, 6.45) is 1.42. The van der Waals surface area contributed by atoms with E-state index in [0.29, 0.717) is 11.6 Å². The number of anilines is 2. The van der Waals surface area contributed by atoms with Gasteiger partial charge in [-0.1, -0.05) is 26.8 Å². The van der Waals surface area contributed by atoms with E-state index in [4.69, 9.17) is 9.84 Å². The highest BCUT2D eigenvalue weighted by Crippen LogP contribution is 2.28. The first-order valence-corrected chi connectivity index (χ1v) is 12.4. The van der Waals surface area contributed by atoms with Crippen LogP contribution in [0.15, 0.2) is 60.8 Å². The molecule has 3 amide bonds. The Kier molecular flexibility index (Phi) is 7.66. The molecular formula is C29H31FN6O3. The number of hydrogen-bond donors (Lipinski definition) is 3. The van der Waals surface area contributed by atoms with E-state index < -0.39 is 11.8 Å². The highest BCUT2D eigenvalue weighted by Gasteiger charge is 2.22. The monoisotopic (exact) mass is 530 g/mol. The first kappa shape index (κ1) is 27.3. The number of hydrogen-bond acceptors (Lipinski definition) is 5. The fourth-order valence-corrected chi connectivity index (χ4v) is 3.90. The molecule has 2 aromatic heterocycles. The lowest BCUT2D eigenvalue weighted by molar-refractivity contribution is 0.0957. The molecule has 0 unspecified atom stereocenters. The van der Waals surface area contributed by atoms with Crippen molar-refractivity contribution < 1.29 is 18.7 Å². The molecular weight excluding hydrogens is 499 g/mol. The summed E-state index contributed by atoms with van der Waals surface area (Å²) < 4.78 is 22.2. The Labute approximate surface area is 226 Å². The zero-order chi connectivity index (χ0) is 28.3. The molecule has 0 bridgehead atoms. The lowest BCUT2D eigenvalue weighted by Gasteiger charge is -2.14. The fourth-order valence-electron chi connectivity index (χ4n) is 3.90. The highest BCUT2D eigenvalue weighted by molar-refractivity contribution is 5.99. The van der Waals surface area contributed by atoms with E-state index in [9.17, 15) is 14.0 Å². The Hall–Kier alpha value is -4.73. The summed E-state index contributed by atoms with van der Waals surface area (Å²) in [5.74, 6) is -0.106. The molecule has 4 aromatic rings. The molecule has 0 aliphatic rings. The molecule has 39 heavy (non-hydrogen) atoms. The minimum absolute atomic E-state index is 0.0332. The molecule has 202 valence electrons. The van der Waals surface area contributed by atoms with Crippen molar-refractivity contribution in [3.63, 3.8) is 0 Å². The van der Waals surface area contributed by atoms with Gasteiger partial charge < -0.3 is 15.4 Å². The summed E-state index contributed by atoms with van der Waals surface area (Å²) in [6.45, 7) is 10.1. The number of benzene rings is 2. The third-order valence-corrected chi connectivity index (χ3v) is 5.79. The molecule has 3 N–H and O–H groups in total. The van der Waals surface area contributed by atoms with Crippen LogP contribution in [-0.2, 0) is 5.41 Å². The van der Waals surface area contributed by atoms with Crippen LogP contribution in [0.3, 0.4) is 0 Å². The van der Waals surface area contributed by atoms with Crippen molar-refractivity contribution in [2.24, 2.45) is 0 Å². The fraction of sp³-hybridized carbons (Fsp3) is 0.241. The summed E-state index contributed by atoms with van der Waals surface area (Å²) >= 11 is 0. The number of ether oxygens (including phenoxy) is 1. The number of carbonyl (C=O) groups excluding carboxylic acids is 2. The molecule has 0 fully saturated rings. The lowest BCUT2D eigenvalue weighted by Crippen LogP contribution is -2.22. The average molecular weight is 531 g/mol. The number of nitrogens with one attached hydrogen (secondary N) is 3. The van der Waals surface area contributed by atoms with Crippen molar-refractivity contribution in [3.05, 3.63) is 89.1 Å². The van der Waals surface area contributed by atoms with Crippen molar-refractivity contribution in [3.8, 4) is 17.2 Å². The summed E-state index contributed by atoms with van der Waals surface area (Å²) in [5.41, 5.74) is 3.61. The minimum atomic E-state index is -0.693. The van der Waals surface area contributed by atoms with Crippen LogP contribution in [-0.4, -0.2) is 33.8 Å². The van der Waals surface area contributed by atoms with E-state index in [-0.39, 0.29) is 28.5 Å². The van der Waals surface area contributed by atoms with Gasteiger partial charge in [0.1, 0.15) is 28.8 Å². The number of amides is 3. The minimum Gasteiger partial charge on any atom is -0.457 e.